The van der Waals surface area contributed by atoms with Crippen LogP contribution in [0.3, 0.4) is 0 Å². The van der Waals surface area contributed by atoms with Crippen LogP contribution < -0.4 is 5.32 Å². The number of hydrogen-bond acceptors (Lipinski definition) is 5. The maximum Gasteiger partial charge on any atom is 0.417 e. The number of hydrogen-bond donors (Lipinski definition) is 2. The molecule has 9 nitrogen and oxygen atoms in total. The average Bonchev–Trinajstić information content (AvgIpc) is 3.53. The number of nitrogens with zero attached hydrogens (tertiary/aromatic N) is 3. The first-order chi connectivity index (χ1) is 18.0. The van der Waals surface area contributed by atoms with Crippen LogP contribution in [0.4, 0.5) is 13.2 Å². The molecule has 1 saturated heterocycles. The van der Waals surface area contributed by atoms with Gasteiger partial charge in [-0.1, -0.05) is 31.0 Å². The number of carboxylic acids is 1. The van der Waals surface area contributed by atoms with E-state index in [2.05, 4.69) is 10.4 Å². The van der Waals surface area contributed by atoms with Gasteiger partial charge in [-0.2, -0.15) is 18.3 Å². The third-order valence-corrected chi connectivity index (χ3v) is 6.99. The Morgan fingerprint density at radius 2 is 1.74 bits per heavy atom. The van der Waals surface area contributed by atoms with Gasteiger partial charge in [-0.05, 0) is 37.8 Å². The number of rotatable bonds is 9. The van der Waals surface area contributed by atoms with Gasteiger partial charge in [-0.25, -0.2) is 0 Å². The van der Waals surface area contributed by atoms with Crippen molar-refractivity contribution in [2.45, 2.75) is 76.0 Å². The molecule has 3 amide bonds. The van der Waals surface area contributed by atoms with Crippen molar-refractivity contribution in [3.63, 3.8) is 0 Å². The minimum atomic E-state index is -4.61. The highest BCUT2D eigenvalue weighted by Crippen LogP contribution is 2.40. The van der Waals surface area contributed by atoms with Gasteiger partial charge < -0.3 is 10.4 Å². The minimum absolute atomic E-state index is 0.0165. The molecule has 204 valence electrons. The Labute approximate surface area is 217 Å². The molecule has 2 aliphatic rings. The first kappa shape index (κ1) is 27.3. The fourth-order valence-electron chi connectivity index (χ4n) is 5.12. The fraction of sp³-hybridized carbons (Fsp3) is 0.500. The number of nitrogens with one attached hydrogen (secondary N) is 1. The topological polar surface area (TPSA) is 122 Å². The van der Waals surface area contributed by atoms with E-state index in [9.17, 15) is 37.5 Å². The summed E-state index contributed by atoms with van der Waals surface area (Å²) in [5.41, 5.74) is -0.910. The average molecular weight is 535 g/mol. The van der Waals surface area contributed by atoms with E-state index in [0.29, 0.717) is 19.3 Å². The molecule has 0 bridgehead atoms. The third-order valence-electron chi connectivity index (χ3n) is 6.99. The number of carboxylic acid groups (broad SMARTS) is 1. The van der Waals surface area contributed by atoms with Gasteiger partial charge in [-0.3, -0.25) is 28.8 Å². The lowest BCUT2D eigenvalue weighted by Gasteiger charge is -2.26. The van der Waals surface area contributed by atoms with E-state index in [0.717, 1.165) is 23.8 Å². The highest BCUT2D eigenvalue weighted by Gasteiger charge is 2.35. The van der Waals surface area contributed by atoms with Crippen LogP contribution in [0.5, 0.6) is 0 Å². The number of aliphatic carboxylic acids is 1. The zero-order chi connectivity index (χ0) is 27.4. The zero-order valence-corrected chi connectivity index (χ0v) is 20.7. The molecule has 2 fully saturated rings. The van der Waals surface area contributed by atoms with Crippen molar-refractivity contribution in [1.82, 2.24) is 20.0 Å². The Morgan fingerprint density at radius 3 is 2.37 bits per heavy atom. The van der Waals surface area contributed by atoms with E-state index in [1.54, 1.807) is 0 Å². The Hall–Kier alpha value is -3.70. The fourth-order valence-corrected chi connectivity index (χ4v) is 5.12. The van der Waals surface area contributed by atoms with E-state index in [-0.39, 0.29) is 60.6 Å². The van der Waals surface area contributed by atoms with Crippen molar-refractivity contribution in [3.05, 3.63) is 41.6 Å². The van der Waals surface area contributed by atoms with Crippen molar-refractivity contribution in [3.8, 4) is 11.3 Å². The van der Waals surface area contributed by atoms with Crippen LogP contribution in [-0.2, 0) is 20.6 Å². The number of benzene rings is 1. The normalized spacial score (nSPS) is 17.6. The molecule has 1 aliphatic carbocycles. The predicted octanol–water partition coefficient (Wildman–Crippen LogP) is 4.19. The van der Waals surface area contributed by atoms with Crippen LogP contribution in [0, 0.1) is 0 Å². The van der Waals surface area contributed by atoms with Crippen molar-refractivity contribution < 1.29 is 37.5 Å². The molecule has 0 spiro atoms. The number of alkyl halides is 3. The maximum atomic E-state index is 13.8. The van der Waals surface area contributed by atoms with Crippen molar-refractivity contribution in [2.75, 3.05) is 6.54 Å². The highest BCUT2D eigenvalue weighted by atomic mass is 19.4. The van der Waals surface area contributed by atoms with Crippen LogP contribution in [0.2, 0.25) is 0 Å². The van der Waals surface area contributed by atoms with Gasteiger partial charge in [0.1, 0.15) is 0 Å². The largest absolute Gasteiger partial charge is 0.481 e. The number of carbonyl (C=O) groups is 4. The van der Waals surface area contributed by atoms with Crippen LogP contribution in [0.25, 0.3) is 11.3 Å². The van der Waals surface area contributed by atoms with Gasteiger partial charge in [0.25, 0.3) is 5.91 Å². The Balaban J connectivity index is 1.60. The summed E-state index contributed by atoms with van der Waals surface area (Å²) in [6.07, 6.45) is -0.940. The summed E-state index contributed by atoms with van der Waals surface area (Å²) in [6.45, 7) is -0.0450. The number of imide groups is 1. The third kappa shape index (κ3) is 6.22. The zero-order valence-electron chi connectivity index (χ0n) is 20.7. The van der Waals surface area contributed by atoms with Crippen LogP contribution in [0.1, 0.15) is 79.9 Å². The summed E-state index contributed by atoms with van der Waals surface area (Å²) in [5.74, 6) is -2.62. The number of amides is 3. The van der Waals surface area contributed by atoms with Crippen LogP contribution in [0.15, 0.2) is 30.3 Å². The molecule has 12 heteroatoms. The van der Waals surface area contributed by atoms with E-state index in [1.165, 1.54) is 28.9 Å². The molecule has 2 N–H and O–H groups in total. The Kier molecular flexibility index (Phi) is 8.17. The summed E-state index contributed by atoms with van der Waals surface area (Å²) in [5, 5.41) is 16.3. The monoisotopic (exact) mass is 534 g/mol. The van der Waals surface area contributed by atoms with E-state index in [1.807, 2.05) is 0 Å². The number of piperidine rings is 1. The molecular weight excluding hydrogens is 505 g/mol. The minimum Gasteiger partial charge on any atom is -0.481 e. The predicted molar refractivity (Wildman–Crippen MR) is 129 cm³/mol. The van der Waals surface area contributed by atoms with Crippen molar-refractivity contribution in [2.24, 2.45) is 0 Å². The first-order valence-corrected chi connectivity index (χ1v) is 12.7. The molecule has 1 aromatic heterocycles. The quantitative estimate of drug-likeness (QED) is 0.466. The second-order valence-corrected chi connectivity index (χ2v) is 9.69. The molecule has 1 saturated carbocycles. The van der Waals surface area contributed by atoms with E-state index >= 15 is 0 Å². The second-order valence-electron chi connectivity index (χ2n) is 9.69. The lowest BCUT2D eigenvalue weighted by Crippen LogP contribution is -2.44. The molecule has 2 heterocycles. The number of likely N-dealkylation sites (tertiary alicyclic amines) is 1. The van der Waals surface area contributed by atoms with Gasteiger partial charge in [0, 0.05) is 31.0 Å². The van der Waals surface area contributed by atoms with Gasteiger partial charge >= 0.3 is 12.1 Å². The molecule has 1 atom stereocenters. The lowest BCUT2D eigenvalue weighted by molar-refractivity contribution is -0.148. The summed E-state index contributed by atoms with van der Waals surface area (Å²) in [7, 11) is 0. The van der Waals surface area contributed by atoms with Gasteiger partial charge in [0.2, 0.25) is 11.8 Å². The molecule has 0 radical (unpaired) electrons. The van der Waals surface area contributed by atoms with Crippen LogP contribution in [-0.4, -0.2) is 56.1 Å². The number of halogens is 3. The Morgan fingerprint density at radius 1 is 1.08 bits per heavy atom. The van der Waals surface area contributed by atoms with E-state index in [4.69, 9.17) is 0 Å². The molecule has 1 aromatic carbocycles. The molecule has 38 heavy (non-hydrogen) atoms. The number of aromatic nitrogens is 2. The number of carbonyl (C=O) groups excluding carboxylic acids is 3. The maximum absolute atomic E-state index is 13.8. The van der Waals surface area contributed by atoms with Crippen molar-refractivity contribution >= 4 is 23.7 Å². The molecular formula is C26H29F3N4O5. The molecule has 2 aromatic rings. The molecule has 4 rings (SSSR count). The van der Waals surface area contributed by atoms with E-state index < -0.39 is 36.1 Å². The first-order valence-electron chi connectivity index (χ1n) is 12.7. The summed E-state index contributed by atoms with van der Waals surface area (Å²) < 4.78 is 42.8. The van der Waals surface area contributed by atoms with Gasteiger partial charge in [-0.15, -0.1) is 0 Å². The standard InChI is InChI=1S/C26H29F3N4O5/c27-26(28,29)19-9-4-3-8-18(19)21-15-20(31-33(21)17-6-1-2-7-17)25(38)30-16(14-24(36)37)12-13-32-22(34)10-5-11-23(32)35/h3-4,8-9,15-17H,1-2,5-7,10-14H2,(H,30,38)(H,36,37)/t16-/m0/s1. The van der Waals surface area contributed by atoms with Crippen LogP contribution >= 0.6 is 0 Å². The molecule has 1 aliphatic heterocycles. The summed E-state index contributed by atoms with van der Waals surface area (Å²) >= 11 is 0. The summed E-state index contributed by atoms with van der Waals surface area (Å²) in [6, 6.07) is 5.31. The lowest BCUT2D eigenvalue weighted by atomic mass is 10.0. The SMILES string of the molecule is O=C(O)C[C@H](CCN1C(=O)CCCC1=O)NC(=O)c1cc(-c2ccccc2C(F)(F)F)n(C2CCCC2)n1. The second kappa shape index (κ2) is 11.4. The Bertz CT molecular complexity index is 1200. The van der Waals surface area contributed by atoms with Crippen molar-refractivity contribution in [1.29, 1.82) is 0 Å². The molecule has 0 unspecified atom stereocenters. The van der Waals surface area contributed by atoms with Gasteiger partial charge in [0.15, 0.2) is 5.69 Å². The highest BCUT2D eigenvalue weighted by molar-refractivity contribution is 5.97. The smallest absolute Gasteiger partial charge is 0.417 e. The van der Waals surface area contributed by atoms with Gasteiger partial charge in [0.05, 0.1) is 23.7 Å². The summed E-state index contributed by atoms with van der Waals surface area (Å²) in [4.78, 5) is 49.8.